The number of anilines is 1. The summed E-state index contributed by atoms with van der Waals surface area (Å²) in [6.45, 7) is 5.99. The predicted octanol–water partition coefficient (Wildman–Crippen LogP) is 1.50. The SMILES string of the molecule is Cc1nc(NC(=O)CCC(C)C)n(C)n1. The summed E-state index contributed by atoms with van der Waals surface area (Å²) in [5.41, 5.74) is 0. The first-order valence-corrected chi connectivity index (χ1v) is 5.16. The largest absolute Gasteiger partial charge is 0.295 e. The summed E-state index contributed by atoms with van der Waals surface area (Å²) in [6, 6.07) is 0. The highest BCUT2D eigenvalue weighted by Gasteiger charge is 2.08. The van der Waals surface area contributed by atoms with Crippen LogP contribution in [-0.4, -0.2) is 20.7 Å². The van der Waals surface area contributed by atoms with E-state index in [1.165, 1.54) is 0 Å². The van der Waals surface area contributed by atoms with E-state index in [-0.39, 0.29) is 5.91 Å². The van der Waals surface area contributed by atoms with E-state index in [1.54, 1.807) is 18.7 Å². The van der Waals surface area contributed by atoms with Crippen molar-refractivity contribution in [2.24, 2.45) is 13.0 Å². The Hall–Kier alpha value is -1.39. The van der Waals surface area contributed by atoms with Crippen LogP contribution in [0.2, 0.25) is 0 Å². The van der Waals surface area contributed by atoms with Crippen molar-refractivity contribution < 1.29 is 4.79 Å². The third kappa shape index (κ3) is 3.69. The maximum Gasteiger partial charge on any atom is 0.227 e. The monoisotopic (exact) mass is 210 g/mol. The standard InChI is InChI=1S/C10H18N4O/c1-7(2)5-6-9(15)12-10-11-8(3)13-14(10)4/h7H,5-6H2,1-4H3,(H,11,12,13,15). The molecule has 0 aliphatic heterocycles. The van der Waals surface area contributed by atoms with E-state index in [4.69, 9.17) is 0 Å². The van der Waals surface area contributed by atoms with E-state index < -0.39 is 0 Å². The summed E-state index contributed by atoms with van der Waals surface area (Å²) in [4.78, 5) is 15.6. The second-order valence-corrected chi connectivity index (χ2v) is 4.09. The van der Waals surface area contributed by atoms with E-state index in [1.807, 2.05) is 0 Å². The van der Waals surface area contributed by atoms with Crippen molar-refractivity contribution in [3.05, 3.63) is 5.82 Å². The fraction of sp³-hybridized carbons (Fsp3) is 0.700. The van der Waals surface area contributed by atoms with Gasteiger partial charge < -0.3 is 0 Å². The maximum atomic E-state index is 11.5. The smallest absolute Gasteiger partial charge is 0.227 e. The number of nitrogens with zero attached hydrogens (tertiary/aromatic N) is 3. The number of hydrogen-bond acceptors (Lipinski definition) is 3. The van der Waals surface area contributed by atoms with Crippen LogP contribution in [0.4, 0.5) is 5.95 Å². The van der Waals surface area contributed by atoms with Crippen molar-refractivity contribution in [1.82, 2.24) is 14.8 Å². The van der Waals surface area contributed by atoms with Crippen LogP contribution in [0.25, 0.3) is 0 Å². The van der Waals surface area contributed by atoms with Crippen molar-refractivity contribution in [1.29, 1.82) is 0 Å². The molecular formula is C10H18N4O. The summed E-state index contributed by atoms with van der Waals surface area (Å²) >= 11 is 0. The fourth-order valence-electron chi connectivity index (χ4n) is 1.23. The van der Waals surface area contributed by atoms with Crippen molar-refractivity contribution in [2.45, 2.75) is 33.6 Å². The molecule has 0 aliphatic carbocycles. The molecule has 0 saturated heterocycles. The minimum Gasteiger partial charge on any atom is -0.295 e. The lowest BCUT2D eigenvalue weighted by molar-refractivity contribution is -0.116. The van der Waals surface area contributed by atoms with E-state index in [0.29, 0.717) is 24.1 Å². The number of rotatable bonds is 4. The van der Waals surface area contributed by atoms with E-state index in [0.717, 1.165) is 6.42 Å². The Bertz CT molecular complexity index is 343. The van der Waals surface area contributed by atoms with Gasteiger partial charge in [-0.3, -0.25) is 10.1 Å². The number of aryl methyl sites for hydroxylation is 2. The third-order valence-electron chi connectivity index (χ3n) is 2.07. The van der Waals surface area contributed by atoms with Gasteiger partial charge in [0.1, 0.15) is 5.82 Å². The summed E-state index contributed by atoms with van der Waals surface area (Å²) in [5.74, 6) is 1.72. The molecular weight excluding hydrogens is 192 g/mol. The number of nitrogens with one attached hydrogen (secondary N) is 1. The lowest BCUT2D eigenvalue weighted by Crippen LogP contribution is -2.15. The first-order valence-electron chi connectivity index (χ1n) is 5.16. The molecule has 1 N–H and O–H groups in total. The molecule has 0 fully saturated rings. The predicted molar refractivity (Wildman–Crippen MR) is 58.4 cm³/mol. The van der Waals surface area contributed by atoms with Crippen LogP contribution < -0.4 is 5.32 Å². The van der Waals surface area contributed by atoms with Gasteiger partial charge >= 0.3 is 0 Å². The molecule has 5 heteroatoms. The minimum absolute atomic E-state index is 0.000741. The zero-order chi connectivity index (χ0) is 11.4. The molecule has 0 unspecified atom stereocenters. The molecule has 1 heterocycles. The molecule has 0 aliphatic rings. The summed E-state index contributed by atoms with van der Waals surface area (Å²) in [5, 5.41) is 6.79. The Morgan fingerprint density at radius 1 is 1.53 bits per heavy atom. The van der Waals surface area contributed by atoms with E-state index in [9.17, 15) is 4.79 Å². The first-order chi connectivity index (χ1) is 6.99. The van der Waals surface area contributed by atoms with Crippen molar-refractivity contribution in [3.63, 3.8) is 0 Å². The fourth-order valence-corrected chi connectivity index (χ4v) is 1.23. The van der Waals surface area contributed by atoms with E-state index in [2.05, 4.69) is 29.2 Å². The van der Waals surface area contributed by atoms with Gasteiger partial charge in [0.25, 0.3) is 0 Å². The van der Waals surface area contributed by atoms with Crippen LogP contribution in [-0.2, 0) is 11.8 Å². The lowest BCUT2D eigenvalue weighted by Gasteiger charge is -2.05. The van der Waals surface area contributed by atoms with Crippen LogP contribution in [0.1, 0.15) is 32.5 Å². The third-order valence-corrected chi connectivity index (χ3v) is 2.07. The number of aromatic nitrogens is 3. The molecule has 1 rings (SSSR count). The van der Waals surface area contributed by atoms with Gasteiger partial charge in [0.05, 0.1) is 0 Å². The Labute approximate surface area is 89.9 Å². The van der Waals surface area contributed by atoms with Gasteiger partial charge in [0.15, 0.2) is 0 Å². The average Bonchev–Trinajstić information content (AvgIpc) is 2.42. The van der Waals surface area contributed by atoms with Gasteiger partial charge in [-0.05, 0) is 19.3 Å². The van der Waals surface area contributed by atoms with Crippen LogP contribution in [0.15, 0.2) is 0 Å². The highest BCUT2D eigenvalue weighted by atomic mass is 16.1. The topological polar surface area (TPSA) is 59.8 Å². The van der Waals surface area contributed by atoms with Gasteiger partial charge in [-0.1, -0.05) is 13.8 Å². The average molecular weight is 210 g/mol. The van der Waals surface area contributed by atoms with Crippen LogP contribution in [0.5, 0.6) is 0 Å². The van der Waals surface area contributed by atoms with Gasteiger partial charge in [-0.15, -0.1) is 0 Å². The normalized spacial score (nSPS) is 10.7. The lowest BCUT2D eigenvalue weighted by atomic mass is 10.1. The molecule has 84 valence electrons. The highest BCUT2D eigenvalue weighted by Crippen LogP contribution is 2.06. The number of hydrogen-bond donors (Lipinski definition) is 1. The molecule has 0 radical (unpaired) electrons. The summed E-state index contributed by atoms with van der Waals surface area (Å²) < 4.78 is 1.57. The minimum atomic E-state index is -0.000741. The van der Waals surface area contributed by atoms with E-state index >= 15 is 0 Å². The van der Waals surface area contributed by atoms with Crippen molar-refractivity contribution in [3.8, 4) is 0 Å². The summed E-state index contributed by atoms with van der Waals surface area (Å²) in [7, 11) is 1.76. The van der Waals surface area contributed by atoms with Gasteiger partial charge in [-0.25, -0.2) is 4.68 Å². The molecule has 0 spiro atoms. The number of amides is 1. The van der Waals surface area contributed by atoms with Gasteiger partial charge in [0, 0.05) is 13.5 Å². The van der Waals surface area contributed by atoms with Crippen LogP contribution >= 0.6 is 0 Å². The van der Waals surface area contributed by atoms with Gasteiger partial charge in [0.2, 0.25) is 11.9 Å². The maximum absolute atomic E-state index is 11.5. The Kier molecular flexibility index (Phi) is 3.82. The molecule has 15 heavy (non-hydrogen) atoms. The van der Waals surface area contributed by atoms with Crippen molar-refractivity contribution >= 4 is 11.9 Å². The second-order valence-electron chi connectivity index (χ2n) is 4.09. The molecule has 0 bridgehead atoms. The Balaban J connectivity index is 2.48. The Morgan fingerprint density at radius 2 is 2.20 bits per heavy atom. The van der Waals surface area contributed by atoms with Crippen molar-refractivity contribution in [2.75, 3.05) is 5.32 Å². The van der Waals surface area contributed by atoms with Gasteiger partial charge in [-0.2, -0.15) is 10.1 Å². The second kappa shape index (κ2) is 4.91. The summed E-state index contributed by atoms with van der Waals surface area (Å²) in [6.07, 6.45) is 1.42. The molecule has 1 aromatic heterocycles. The zero-order valence-corrected chi connectivity index (χ0v) is 9.74. The number of carbonyl (C=O) groups excluding carboxylic acids is 1. The molecule has 0 aromatic carbocycles. The molecule has 1 aromatic rings. The molecule has 5 nitrogen and oxygen atoms in total. The molecule has 1 amide bonds. The first kappa shape index (κ1) is 11.7. The zero-order valence-electron chi connectivity index (χ0n) is 9.74. The van der Waals surface area contributed by atoms with Crippen LogP contribution in [0.3, 0.4) is 0 Å². The molecule has 0 atom stereocenters. The molecule has 0 saturated carbocycles. The highest BCUT2D eigenvalue weighted by molar-refractivity contribution is 5.88. The number of carbonyl (C=O) groups is 1. The quantitative estimate of drug-likeness (QED) is 0.819. The Morgan fingerprint density at radius 3 is 2.67 bits per heavy atom. The van der Waals surface area contributed by atoms with Crippen LogP contribution in [0, 0.1) is 12.8 Å².